The fourth-order valence-electron chi connectivity index (χ4n) is 1.91. The minimum absolute atomic E-state index is 0.0490. The van der Waals surface area contributed by atoms with Gasteiger partial charge in [0.05, 0.1) is 0 Å². The summed E-state index contributed by atoms with van der Waals surface area (Å²) in [5, 5.41) is 14.3. The van der Waals surface area contributed by atoms with Gasteiger partial charge in [0.25, 0.3) is 0 Å². The second kappa shape index (κ2) is 9.58. The van der Waals surface area contributed by atoms with Gasteiger partial charge < -0.3 is 20.6 Å². The molecule has 0 fully saturated rings. The number of carboxylic acids is 1. The van der Waals surface area contributed by atoms with Crippen LogP contribution in [-0.4, -0.2) is 53.7 Å². The van der Waals surface area contributed by atoms with Gasteiger partial charge in [-0.15, -0.1) is 0 Å². The summed E-state index contributed by atoms with van der Waals surface area (Å²) in [6, 6.07) is -0.243. The highest BCUT2D eigenvalue weighted by atomic mass is 16.4. The van der Waals surface area contributed by atoms with Gasteiger partial charge >= 0.3 is 12.0 Å². The molecule has 6 nitrogen and oxygen atoms in total. The van der Waals surface area contributed by atoms with Crippen molar-refractivity contribution in [2.24, 2.45) is 0 Å². The Morgan fingerprint density at radius 1 is 1.20 bits per heavy atom. The number of nitrogens with one attached hydrogen (secondary N) is 2. The third-order valence-corrected chi connectivity index (χ3v) is 3.12. The molecule has 0 saturated carbocycles. The molecule has 0 aliphatic rings. The first-order valence-electron chi connectivity index (χ1n) is 7.31. The summed E-state index contributed by atoms with van der Waals surface area (Å²) in [7, 11) is 0. The number of amides is 2. The Labute approximate surface area is 121 Å². The number of hydrogen-bond acceptors (Lipinski definition) is 3. The van der Waals surface area contributed by atoms with Crippen LogP contribution in [0.5, 0.6) is 0 Å². The van der Waals surface area contributed by atoms with Crippen LogP contribution in [0.15, 0.2) is 0 Å². The third-order valence-electron chi connectivity index (χ3n) is 3.12. The van der Waals surface area contributed by atoms with Crippen LogP contribution in [0.4, 0.5) is 4.79 Å². The molecule has 0 unspecified atom stereocenters. The Kier molecular flexibility index (Phi) is 8.96. The van der Waals surface area contributed by atoms with E-state index < -0.39 is 11.5 Å². The van der Waals surface area contributed by atoms with E-state index in [1.807, 2.05) is 13.8 Å². The SMILES string of the molecule is CCCN(CC)CCNC(=O)NC(C)(C)CCC(=O)O. The molecular weight excluding hydrogens is 258 g/mol. The zero-order valence-electron chi connectivity index (χ0n) is 13.2. The first kappa shape index (κ1) is 18.7. The number of rotatable bonds is 10. The minimum atomic E-state index is -0.849. The molecule has 6 heteroatoms. The smallest absolute Gasteiger partial charge is 0.315 e. The Bertz CT molecular complexity index is 306. The largest absolute Gasteiger partial charge is 0.481 e. The molecule has 0 aromatic carbocycles. The number of carboxylic acid groups (broad SMARTS) is 1. The van der Waals surface area contributed by atoms with E-state index in [2.05, 4.69) is 29.4 Å². The Morgan fingerprint density at radius 2 is 1.85 bits per heavy atom. The van der Waals surface area contributed by atoms with Crippen LogP contribution >= 0.6 is 0 Å². The van der Waals surface area contributed by atoms with Crippen molar-refractivity contribution in [1.82, 2.24) is 15.5 Å². The van der Waals surface area contributed by atoms with Gasteiger partial charge in [-0.2, -0.15) is 0 Å². The van der Waals surface area contributed by atoms with Gasteiger partial charge in [0.2, 0.25) is 0 Å². The molecule has 0 spiro atoms. The normalized spacial score (nSPS) is 11.4. The molecular formula is C14H29N3O3. The maximum absolute atomic E-state index is 11.7. The number of carbonyl (C=O) groups excluding carboxylic acids is 1. The quantitative estimate of drug-likeness (QED) is 0.571. The maximum Gasteiger partial charge on any atom is 0.315 e. The minimum Gasteiger partial charge on any atom is -0.481 e. The lowest BCUT2D eigenvalue weighted by molar-refractivity contribution is -0.137. The predicted octanol–water partition coefficient (Wildman–Crippen LogP) is 1.66. The molecule has 0 rings (SSSR count). The molecule has 0 aliphatic heterocycles. The van der Waals surface area contributed by atoms with Crippen LogP contribution in [0.2, 0.25) is 0 Å². The van der Waals surface area contributed by atoms with E-state index in [0.717, 1.165) is 26.1 Å². The summed E-state index contributed by atoms with van der Waals surface area (Å²) in [6.45, 7) is 11.3. The first-order valence-corrected chi connectivity index (χ1v) is 7.31. The summed E-state index contributed by atoms with van der Waals surface area (Å²) < 4.78 is 0. The van der Waals surface area contributed by atoms with Crippen molar-refractivity contribution in [1.29, 1.82) is 0 Å². The van der Waals surface area contributed by atoms with Gasteiger partial charge in [-0.3, -0.25) is 4.79 Å². The first-order chi connectivity index (χ1) is 9.30. The summed E-state index contributed by atoms with van der Waals surface area (Å²) >= 11 is 0. The lowest BCUT2D eigenvalue weighted by atomic mass is 9.99. The van der Waals surface area contributed by atoms with Crippen molar-refractivity contribution in [2.45, 2.75) is 52.5 Å². The zero-order chi connectivity index (χ0) is 15.6. The molecule has 0 aromatic heterocycles. The molecule has 0 heterocycles. The van der Waals surface area contributed by atoms with Gasteiger partial charge in [-0.1, -0.05) is 13.8 Å². The van der Waals surface area contributed by atoms with Crippen LogP contribution in [0.25, 0.3) is 0 Å². The maximum atomic E-state index is 11.7. The summed E-state index contributed by atoms with van der Waals surface area (Å²) in [4.78, 5) is 24.6. The molecule has 118 valence electrons. The van der Waals surface area contributed by atoms with Crippen LogP contribution in [0.1, 0.15) is 47.0 Å². The van der Waals surface area contributed by atoms with Crippen molar-refractivity contribution in [3.05, 3.63) is 0 Å². The number of hydrogen-bond donors (Lipinski definition) is 3. The fourth-order valence-corrected chi connectivity index (χ4v) is 1.91. The number of carbonyl (C=O) groups is 2. The van der Waals surface area contributed by atoms with Gasteiger partial charge in [0.15, 0.2) is 0 Å². The van der Waals surface area contributed by atoms with Crippen molar-refractivity contribution in [3.8, 4) is 0 Å². The highest BCUT2D eigenvalue weighted by Crippen LogP contribution is 2.10. The summed E-state index contributed by atoms with van der Waals surface area (Å²) in [5.41, 5.74) is -0.518. The van der Waals surface area contributed by atoms with Crippen LogP contribution in [0.3, 0.4) is 0 Å². The topological polar surface area (TPSA) is 81.7 Å². The number of likely N-dealkylation sites (N-methyl/N-ethyl adjacent to an activating group) is 1. The number of aliphatic carboxylic acids is 1. The van der Waals surface area contributed by atoms with Crippen molar-refractivity contribution < 1.29 is 14.7 Å². The van der Waals surface area contributed by atoms with Gasteiger partial charge in [0.1, 0.15) is 0 Å². The van der Waals surface area contributed by atoms with E-state index >= 15 is 0 Å². The second-order valence-electron chi connectivity index (χ2n) is 5.59. The average Bonchev–Trinajstić information content (AvgIpc) is 2.35. The predicted molar refractivity (Wildman–Crippen MR) is 79.9 cm³/mol. The molecule has 2 amide bonds. The fraction of sp³-hybridized carbons (Fsp3) is 0.857. The number of urea groups is 1. The summed E-state index contributed by atoms with van der Waals surface area (Å²) in [5.74, 6) is -0.849. The molecule has 20 heavy (non-hydrogen) atoms. The van der Waals surface area contributed by atoms with Crippen LogP contribution < -0.4 is 10.6 Å². The van der Waals surface area contributed by atoms with Crippen molar-refractivity contribution in [2.75, 3.05) is 26.2 Å². The average molecular weight is 287 g/mol. The lowest BCUT2D eigenvalue weighted by Gasteiger charge is -2.26. The third kappa shape index (κ3) is 9.61. The van der Waals surface area contributed by atoms with E-state index in [1.54, 1.807) is 0 Å². The number of nitrogens with zero attached hydrogens (tertiary/aromatic N) is 1. The zero-order valence-corrected chi connectivity index (χ0v) is 13.2. The van der Waals surface area contributed by atoms with E-state index in [-0.39, 0.29) is 12.5 Å². The van der Waals surface area contributed by atoms with Gasteiger partial charge in [-0.25, -0.2) is 4.79 Å². The van der Waals surface area contributed by atoms with Crippen molar-refractivity contribution >= 4 is 12.0 Å². The Balaban J connectivity index is 3.94. The molecule has 0 saturated heterocycles. The van der Waals surface area contributed by atoms with E-state index in [1.165, 1.54) is 0 Å². The van der Waals surface area contributed by atoms with Crippen molar-refractivity contribution in [3.63, 3.8) is 0 Å². The molecule has 3 N–H and O–H groups in total. The Morgan fingerprint density at radius 3 is 2.35 bits per heavy atom. The van der Waals surface area contributed by atoms with E-state index in [9.17, 15) is 9.59 Å². The lowest BCUT2D eigenvalue weighted by Crippen LogP contribution is -2.49. The monoisotopic (exact) mass is 287 g/mol. The highest BCUT2D eigenvalue weighted by Gasteiger charge is 2.21. The molecule has 0 radical (unpaired) electrons. The molecule has 0 bridgehead atoms. The molecule has 0 aromatic rings. The highest BCUT2D eigenvalue weighted by molar-refractivity contribution is 5.74. The van der Waals surface area contributed by atoms with Gasteiger partial charge in [-0.05, 0) is 39.8 Å². The van der Waals surface area contributed by atoms with Crippen LogP contribution in [0, 0.1) is 0 Å². The Hall–Kier alpha value is -1.30. The second-order valence-corrected chi connectivity index (χ2v) is 5.59. The summed E-state index contributed by atoms with van der Waals surface area (Å²) in [6.07, 6.45) is 1.56. The van der Waals surface area contributed by atoms with E-state index in [0.29, 0.717) is 13.0 Å². The molecule has 0 atom stereocenters. The van der Waals surface area contributed by atoms with Gasteiger partial charge in [0, 0.05) is 25.0 Å². The standard InChI is InChI=1S/C14H29N3O3/c1-5-10-17(6-2)11-9-15-13(20)16-14(3,4)8-7-12(18)19/h5-11H2,1-4H3,(H,18,19)(H2,15,16,20). The van der Waals surface area contributed by atoms with Crippen LogP contribution in [-0.2, 0) is 4.79 Å². The molecule has 0 aliphatic carbocycles. The van der Waals surface area contributed by atoms with E-state index in [4.69, 9.17) is 5.11 Å².